The fraction of sp³-hybridized carbons (Fsp3) is 0.167. The molecule has 0 aliphatic heterocycles. The van der Waals surface area contributed by atoms with Crippen LogP contribution in [0, 0.1) is 13.8 Å². The number of hydrogen-bond acceptors (Lipinski definition) is 3. The van der Waals surface area contributed by atoms with Crippen molar-refractivity contribution >= 4 is 43.5 Å². The van der Waals surface area contributed by atoms with Crippen LogP contribution in [0.15, 0.2) is 33.5 Å². The zero-order valence-electron chi connectivity index (χ0n) is 9.46. The van der Waals surface area contributed by atoms with Crippen molar-refractivity contribution in [3.63, 3.8) is 0 Å². The Morgan fingerprint density at radius 1 is 1.06 bits per heavy atom. The maximum Gasteiger partial charge on any atom is 0.227 e. The maximum atomic E-state index is 4.19. The zero-order valence-corrected chi connectivity index (χ0v) is 12.6. The van der Waals surface area contributed by atoms with Crippen LogP contribution in [-0.4, -0.2) is 9.97 Å². The van der Waals surface area contributed by atoms with Crippen LogP contribution in [0.4, 0.5) is 11.6 Å². The summed E-state index contributed by atoms with van der Waals surface area (Å²) in [4.78, 5) is 8.38. The molecule has 0 saturated carbocycles. The van der Waals surface area contributed by atoms with E-state index < -0.39 is 0 Å². The normalized spacial score (nSPS) is 10.4. The van der Waals surface area contributed by atoms with E-state index in [1.54, 1.807) is 12.4 Å². The van der Waals surface area contributed by atoms with Gasteiger partial charge in [0, 0.05) is 16.9 Å². The van der Waals surface area contributed by atoms with Gasteiger partial charge in [-0.15, -0.1) is 0 Å². The van der Waals surface area contributed by atoms with Crippen molar-refractivity contribution in [2.24, 2.45) is 0 Å². The average Bonchev–Trinajstić information content (AvgIpc) is 2.26. The predicted octanol–water partition coefficient (Wildman–Crippen LogP) is 4.36. The molecule has 0 amide bonds. The summed E-state index contributed by atoms with van der Waals surface area (Å²) >= 11 is 6.85. The molecule has 1 heterocycles. The third-order valence-electron chi connectivity index (χ3n) is 2.29. The van der Waals surface area contributed by atoms with Crippen LogP contribution in [0.1, 0.15) is 11.1 Å². The molecule has 0 fully saturated rings. The van der Waals surface area contributed by atoms with Gasteiger partial charge in [-0.1, -0.05) is 6.07 Å². The maximum absolute atomic E-state index is 4.19. The summed E-state index contributed by atoms with van der Waals surface area (Å²) in [5, 5.41) is 3.20. The minimum atomic E-state index is 0.584. The number of benzene rings is 1. The van der Waals surface area contributed by atoms with Crippen LogP contribution in [0.5, 0.6) is 0 Å². The summed E-state index contributed by atoms with van der Waals surface area (Å²) in [6.45, 7) is 4.12. The van der Waals surface area contributed by atoms with Crippen molar-refractivity contribution in [2.45, 2.75) is 13.8 Å². The highest BCUT2D eigenvalue weighted by Gasteiger charge is 2.06. The molecule has 0 spiro atoms. The lowest BCUT2D eigenvalue weighted by atomic mass is 10.1. The summed E-state index contributed by atoms with van der Waals surface area (Å²) in [7, 11) is 0. The van der Waals surface area contributed by atoms with E-state index in [1.807, 2.05) is 0 Å². The molecule has 0 bridgehead atoms. The SMILES string of the molecule is Cc1cc(C)c(Nc2ncc(Br)cn2)c(Br)c1. The second kappa shape index (κ2) is 5.14. The first-order chi connectivity index (χ1) is 8.06. The van der Waals surface area contributed by atoms with Gasteiger partial charge in [0.2, 0.25) is 5.95 Å². The van der Waals surface area contributed by atoms with Gasteiger partial charge in [0.25, 0.3) is 0 Å². The number of rotatable bonds is 2. The van der Waals surface area contributed by atoms with E-state index in [2.05, 4.69) is 73.1 Å². The van der Waals surface area contributed by atoms with Crippen LogP contribution in [0.25, 0.3) is 0 Å². The van der Waals surface area contributed by atoms with Gasteiger partial charge in [-0.05, 0) is 62.9 Å². The standard InChI is InChI=1S/C12H11Br2N3/c1-7-3-8(2)11(10(14)4-7)17-12-15-5-9(13)6-16-12/h3-6H,1-2H3,(H,15,16,17). The van der Waals surface area contributed by atoms with Gasteiger partial charge in [0.15, 0.2) is 0 Å². The van der Waals surface area contributed by atoms with E-state index in [4.69, 9.17) is 0 Å². The highest BCUT2D eigenvalue weighted by molar-refractivity contribution is 9.10. The summed E-state index contributed by atoms with van der Waals surface area (Å²) < 4.78 is 1.88. The number of halogens is 2. The second-order valence-electron chi connectivity index (χ2n) is 3.79. The Morgan fingerprint density at radius 3 is 2.29 bits per heavy atom. The molecule has 0 radical (unpaired) electrons. The van der Waals surface area contributed by atoms with Crippen LogP contribution in [-0.2, 0) is 0 Å². The van der Waals surface area contributed by atoms with Crippen LogP contribution in [0.3, 0.4) is 0 Å². The van der Waals surface area contributed by atoms with Gasteiger partial charge in [-0.25, -0.2) is 9.97 Å². The Kier molecular flexibility index (Phi) is 3.79. The lowest BCUT2D eigenvalue weighted by molar-refractivity contribution is 1.15. The Hall–Kier alpha value is -0.940. The molecule has 5 heteroatoms. The number of nitrogens with zero attached hydrogens (tertiary/aromatic N) is 2. The fourth-order valence-electron chi connectivity index (χ4n) is 1.56. The first kappa shape index (κ1) is 12.5. The zero-order chi connectivity index (χ0) is 12.4. The summed E-state index contributed by atoms with van der Waals surface area (Å²) in [5.74, 6) is 0.584. The third-order valence-corrected chi connectivity index (χ3v) is 3.32. The van der Waals surface area contributed by atoms with Crippen molar-refractivity contribution in [1.29, 1.82) is 0 Å². The van der Waals surface area contributed by atoms with Gasteiger partial charge in [0.1, 0.15) is 0 Å². The number of hydrogen-bond donors (Lipinski definition) is 1. The fourth-order valence-corrected chi connectivity index (χ4v) is 2.54. The van der Waals surface area contributed by atoms with Crippen molar-refractivity contribution in [3.8, 4) is 0 Å². The lowest BCUT2D eigenvalue weighted by Crippen LogP contribution is -1.99. The number of aryl methyl sites for hydroxylation is 2. The van der Waals surface area contributed by atoms with Gasteiger partial charge in [0.05, 0.1) is 10.2 Å². The molecule has 0 aliphatic rings. The smallest absolute Gasteiger partial charge is 0.227 e. The van der Waals surface area contributed by atoms with Crippen molar-refractivity contribution < 1.29 is 0 Å². The number of nitrogens with one attached hydrogen (secondary N) is 1. The molecule has 1 aromatic carbocycles. The van der Waals surface area contributed by atoms with E-state index >= 15 is 0 Å². The average molecular weight is 357 g/mol. The predicted molar refractivity (Wildman–Crippen MR) is 76.6 cm³/mol. The Labute approximate surface area is 117 Å². The Bertz CT molecular complexity index is 515. The Balaban J connectivity index is 2.33. The van der Waals surface area contributed by atoms with E-state index in [0.29, 0.717) is 5.95 Å². The molecule has 1 aromatic heterocycles. The number of anilines is 2. The Morgan fingerprint density at radius 2 is 1.71 bits per heavy atom. The van der Waals surface area contributed by atoms with Crippen LogP contribution in [0.2, 0.25) is 0 Å². The summed E-state index contributed by atoms with van der Waals surface area (Å²) in [5.41, 5.74) is 3.37. The summed E-state index contributed by atoms with van der Waals surface area (Å²) in [6, 6.07) is 4.18. The first-order valence-corrected chi connectivity index (χ1v) is 6.66. The quantitative estimate of drug-likeness (QED) is 0.868. The number of aromatic nitrogens is 2. The van der Waals surface area contributed by atoms with E-state index in [0.717, 1.165) is 20.2 Å². The molecular formula is C12H11Br2N3. The van der Waals surface area contributed by atoms with Gasteiger partial charge >= 0.3 is 0 Å². The largest absolute Gasteiger partial charge is 0.323 e. The second-order valence-corrected chi connectivity index (χ2v) is 5.56. The molecule has 2 rings (SSSR count). The van der Waals surface area contributed by atoms with E-state index in [-0.39, 0.29) is 0 Å². The minimum absolute atomic E-state index is 0.584. The molecule has 17 heavy (non-hydrogen) atoms. The van der Waals surface area contributed by atoms with Gasteiger partial charge in [-0.3, -0.25) is 0 Å². The minimum Gasteiger partial charge on any atom is -0.323 e. The molecule has 0 aliphatic carbocycles. The molecule has 2 aromatic rings. The molecule has 1 N–H and O–H groups in total. The monoisotopic (exact) mass is 355 g/mol. The first-order valence-electron chi connectivity index (χ1n) is 5.07. The van der Waals surface area contributed by atoms with Gasteiger partial charge in [-0.2, -0.15) is 0 Å². The van der Waals surface area contributed by atoms with Crippen LogP contribution >= 0.6 is 31.9 Å². The molecule has 0 saturated heterocycles. The van der Waals surface area contributed by atoms with E-state index in [9.17, 15) is 0 Å². The summed E-state index contributed by atoms with van der Waals surface area (Å²) in [6.07, 6.45) is 3.43. The molecule has 88 valence electrons. The van der Waals surface area contributed by atoms with Crippen LogP contribution < -0.4 is 5.32 Å². The van der Waals surface area contributed by atoms with Crippen molar-refractivity contribution in [1.82, 2.24) is 9.97 Å². The van der Waals surface area contributed by atoms with Gasteiger partial charge < -0.3 is 5.32 Å². The molecule has 0 unspecified atom stereocenters. The lowest BCUT2D eigenvalue weighted by Gasteiger charge is -2.11. The van der Waals surface area contributed by atoms with Crippen molar-refractivity contribution in [3.05, 3.63) is 44.6 Å². The highest BCUT2D eigenvalue weighted by atomic mass is 79.9. The molecule has 3 nitrogen and oxygen atoms in total. The topological polar surface area (TPSA) is 37.8 Å². The van der Waals surface area contributed by atoms with Crippen molar-refractivity contribution in [2.75, 3.05) is 5.32 Å². The third kappa shape index (κ3) is 3.04. The highest BCUT2D eigenvalue weighted by Crippen LogP contribution is 2.29. The van der Waals surface area contributed by atoms with E-state index in [1.165, 1.54) is 5.56 Å². The molecule has 0 atom stereocenters. The molecular weight excluding hydrogens is 346 g/mol.